The van der Waals surface area contributed by atoms with Crippen LogP contribution >= 0.6 is 0 Å². The summed E-state index contributed by atoms with van der Waals surface area (Å²) < 4.78 is 0. The summed E-state index contributed by atoms with van der Waals surface area (Å²) in [7, 11) is 0. The standard InChI is InChI=1S/C15H23N3O/c1-2-15(7-3-4-8-15)11-18-14(19)13-6-5-12(9-16)10-17-13/h5-6,10H,2-4,7-9,11,16H2,1H3,(H,18,19). The Morgan fingerprint density at radius 1 is 1.42 bits per heavy atom. The first kappa shape index (κ1) is 14.0. The molecule has 1 saturated carbocycles. The van der Waals surface area contributed by atoms with Crippen LogP contribution in [0.25, 0.3) is 0 Å². The lowest BCUT2D eigenvalue weighted by molar-refractivity contribution is 0.0923. The van der Waals surface area contributed by atoms with Crippen molar-refractivity contribution in [3.8, 4) is 0 Å². The number of pyridine rings is 1. The first-order valence-electron chi connectivity index (χ1n) is 7.12. The molecule has 2 rings (SSSR count). The number of carbonyl (C=O) groups is 1. The highest BCUT2D eigenvalue weighted by Crippen LogP contribution is 2.40. The van der Waals surface area contributed by atoms with Gasteiger partial charge in [0.25, 0.3) is 5.91 Å². The van der Waals surface area contributed by atoms with Gasteiger partial charge >= 0.3 is 0 Å². The Bertz CT molecular complexity index is 422. The molecule has 3 N–H and O–H groups in total. The molecule has 1 amide bonds. The number of rotatable bonds is 5. The monoisotopic (exact) mass is 261 g/mol. The van der Waals surface area contributed by atoms with E-state index >= 15 is 0 Å². The minimum absolute atomic E-state index is 0.0803. The van der Waals surface area contributed by atoms with Crippen molar-refractivity contribution in [2.75, 3.05) is 6.54 Å². The number of amides is 1. The summed E-state index contributed by atoms with van der Waals surface area (Å²) in [4.78, 5) is 16.2. The van der Waals surface area contributed by atoms with Crippen LogP contribution in [0.4, 0.5) is 0 Å². The maximum absolute atomic E-state index is 12.1. The van der Waals surface area contributed by atoms with Crippen molar-refractivity contribution in [2.45, 2.75) is 45.6 Å². The van der Waals surface area contributed by atoms with Gasteiger partial charge in [-0.15, -0.1) is 0 Å². The Morgan fingerprint density at radius 3 is 2.68 bits per heavy atom. The second-order valence-electron chi connectivity index (χ2n) is 5.50. The van der Waals surface area contributed by atoms with Crippen LogP contribution in [0.2, 0.25) is 0 Å². The van der Waals surface area contributed by atoms with E-state index in [-0.39, 0.29) is 5.91 Å². The molecule has 0 saturated heterocycles. The smallest absolute Gasteiger partial charge is 0.269 e. The zero-order valence-electron chi connectivity index (χ0n) is 11.6. The summed E-state index contributed by atoms with van der Waals surface area (Å²) in [6.45, 7) is 3.43. The van der Waals surface area contributed by atoms with E-state index in [0.717, 1.165) is 18.5 Å². The first-order valence-corrected chi connectivity index (χ1v) is 7.12. The van der Waals surface area contributed by atoms with E-state index in [1.54, 1.807) is 12.3 Å². The van der Waals surface area contributed by atoms with Crippen molar-refractivity contribution in [3.63, 3.8) is 0 Å². The van der Waals surface area contributed by atoms with E-state index in [0.29, 0.717) is 17.7 Å². The topological polar surface area (TPSA) is 68.0 Å². The summed E-state index contributed by atoms with van der Waals surface area (Å²) in [5.41, 5.74) is 7.24. The molecule has 1 aromatic rings. The highest BCUT2D eigenvalue weighted by atomic mass is 16.1. The average Bonchev–Trinajstić information content (AvgIpc) is 2.94. The molecule has 0 radical (unpaired) electrons. The van der Waals surface area contributed by atoms with Crippen molar-refractivity contribution in [1.82, 2.24) is 10.3 Å². The van der Waals surface area contributed by atoms with E-state index in [1.165, 1.54) is 25.7 Å². The molecule has 0 atom stereocenters. The number of hydrogen-bond donors (Lipinski definition) is 2. The summed E-state index contributed by atoms with van der Waals surface area (Å²) in [5.74, 6) is -0.0803. The molecule has 0 bridgehead atoms. The Kier molecular flexibility index (Phi) is 4.53. The fourth-order valence-electron chi connectivity index (χ4n) is 2.82. The van der Waals surface area contributed by atoms with Crippen LogP contribution in [-0.2, 0) is 6.54 Å². The minimum Gasteiger partial charge on any atom is -0.350 e. The van der Waals surface area contributed by atoms with Crippen LogP contribution in [0.5, 0.6) is 0 Å². The molecule has 0 spiro atoms. The summed E-state index contributed by atoms with van der Waals surface area (Å²) in [5, 5.41) is 3.04. The van der Waals surface area contributed by atoms with Gasteiger partial charge in [-0.25, -0.2) is 0 Å². The summed E-state index contributed by atoms with van der Waals surface area (Å²) in [6, 6.07) is 3.60. The van der Waals surface area contributed by atoms with Crippen LogP contribution in [0.1, 0.15) is 55.1 Å². The number of nitrogens with two attached hydrogens (primary N) is 1. The van der Waals surface area contributed by atoms with Crippen molar-refractivity contribution in [1.29, 1.82) is 0 Å². The van der Waals surface area contributed by atoms with E-state index < -0.39 is 0 Å². The molecule has 0 aliphatic heterocycles. The Balaban J connectivity index is 1.93. The number of nitrogens with zero attached hydrogens (tertiary/aromatic N) is 1. The van der Waals surface area contributed by atoms with Gasteiger partial charge in [-0.1, -0.05) is 25.8 Å². The summed E-state index contributed by atoms with van der Waals surface area (Å²) in [6.07, 6.45) is 7.82. The maximum atomic E-state index is 12.1. The molecule has 1 aliphatic rings. The van der Waals surface area contributed by atoms with Gasteiger partial charge in [0.1, 0.15) is 5.69 Å². The first-order chi connectivity index (χ1) is 9.19. The van der Waals surface area contributed by atoms with E-state index in [1.807, 2.05) is 6.07 Å². The van der Waals surface area contributed by atoms with Gasteiger partial charge < -0.3 is 11.1 Å². The van der Waals surface area contributed by atoms with Crippen molar-refractivity contribution >= 4 is 5.91 Å². The molecule has 19 heavy (non-hydrogen) atoms. The second-order valence-corrected chi connectivity index (χ2v) is 5.50. The largest absolute Gasteiger partial charge is 0.350 e. The maximum Gasteiger partial charge on any atom is 0.269 e. The van der Waals surface area contributed by atoms with Crippen molar-refractivity contribution in [3.05, 3.63) is 29.6 Å². The molecule has 1 heterocycles. The third-order valence-electron chi connectivity index (χ3n) is 4.33. The molecule has 1 aromatic heterocycles. The van der Waals surface area contributed by atoms with Crippen molar-refractivity contribution in [2.24, 2.45) is 11.1 Å². The second kappa shape index (κ2) is 6.15. The highest BCUT2D eigenvalue weighted by Gasteiger charge is 2.32. The van der Waals surface area contributed by atoms with E-state index in [4.69, 9.17) is 5.73 Å². The van der Waals surface area contributed by atoms with Crippen LogP contribution in [0.3, 0.4) is 0 Å². The molecule has 0 aromatic carbocycles. The average molecular weight is 261 g/mol. The number of aromatic nitrogens is 1. The predicted octanol–water partition coefficient (Wildman–Crippen LogP) is 2.24. The predicted molar refractivity (Wildman–Crippen MR) is 75.7 cm³/mol. The van der Waals surface area contributed by atoms with Crippen LogP contribution < -0.4 is 11.1 Å². The quantitative estimate of drug-likeness (QED) is 0.854. The summed E-state index contributed by atoms with van der Waals surface area (Å²) >= 11 is 0. The lowest BCUT2D eigenvalue weighted by Crippen LogP contribution is -2.36. The van der Waals surface area contributed by atoms with Gasteiger partial charge in [-0.3, -0.25) is 9.78 Å². The fourth-order valence-corrected chi connectivity index (χ4v) is 2.82. The van der Waals surface area contributed by atoms with Gasteiger partial charge in [0.15, 0.2) is 0 Å². The Morgan fingerprint density at radius 2 is 2.16 bits per heavy atom. The highest BCUT2D eigenvalue weighted by molar-refractivity contribution is 5.92. The van der Waals surface area contributed by atoms with Crippen molar-refractivity contribution < 1.29 is 4.79 Å². The lowest BCUT2D eigenvalue weighted by Gasteiger charge is -2.27. The van der Waals surface area contributed by atoms with Gasteiger partial charge in [0.2, 0.25) is 0 Å². The number of carbonyl (C=O) groups excluding carboxylic acids is 1. The van der Waals surface area contributed by atoms with Crippen LogP contribution in [0, 0.1) is 5.41 Å². The van der Waals surface area contributed by atoms with Gasteiger partial charge in [-0.2, -0.15) is 0 Å². The molecule has 0 unspecified atom stereocenters. The molecular formula is C15H23N3O. The molecule has 4 nitrogen and oxygen atoms in total. The molecule has 104 valence electrons. The Hall–Kier alpha value is -1.42. The zero-order chi connectivity index (χ0) is 13.7. The molecular weight excluding hydrogens is 238 g/mol. The van der Waals surface area contributed by atoms with E-state index in [2.05, 4.69) is 17.2 Å². The fraction of sp³-hybridized carbons (Fsp3) is 0.600. The van der Waals surface area contributed by atoms with Gasteiger partial charge in [0.05, 0.1) is 0 Å². The number of nitrogens with one attached hydrogen (secondary N) is 1. The van der Waals surface area contributed by atoms with Gasteiger partial charge in [-0.05, 0) is 36.3 Å². The minimum atomic E-state index is -0.0803. The third-order valence-corrected chi connectivity index (χ3v) is 4.33. The van der Waals surface area contributed by atoms with E-state index in [9.17, 15) is 4.79 Å². The van der Waals surface area contributed by atoms with Crippen LogP contribution in [0.15, 0.2) is 18.3 Å². The number of hydrogen-bond acceptors (Lipinski definition) is 3. The van der Waals surface area contributed by atoms with Crippen LogP contribution in [-0.4, -0.2) is 17.4 Å². The molecule has 1 aliphatic carbocycles. The van der Waals surface area contributed by atoms with Gasteiger partial charge in [0, 0.05) is 19.3 Å². The molecule has 1 fully saturated rings. The Labute approximate surface area is 114 Å². The zero-order valence-corrected chi connectivity index (χ0v) is 11.6. The molecule has 4 heteroatoms. The normalized spacial score (nSPS) is 17.4. The lowest BCUT2D eigenvalue weighted by atomic mass is 9.83. The third kappa shape index (κ3) is 3.32. The SMILES string of the molecule is CCC1(CNC(=O)c2ccc(CN)cn2)CCCC1.